The van der Waals surface area contributed by atoms with Crippen molar-refractivity contribution in [3.8, 4) is 0 Å². The fraction of sp³-hybridized carbons (Fsp3) is 0.0625. The van der Waals surface area contributed by atoms with E-state index in [2.05, 4.69) is 10.3 Å². The highest BCUT2D eigenvalue weighted by Gasteiger charge is 2.10. The molecule has 0 atom stereocenters. The average Bonchev–Trinajstić information content (AvgIpc) is 2.46. The van der Waals surface area contributed by atoms with Crippen LogP contribution in [0.2, 0.25) is 0 Å². The van der Waals surface area contributed by atoms with E-state index in [4.69, 9.17) is 5.73 Å². The van der Waals surface area contributed by atoms with Gasteiger partial charge in [0.15, 0.2) is 0 Å². The first kappa shape index (κ1) is 13.3. The predicted octanol–water partition coefficient (Wildman–Crippen LogP) is 4.15. The molecule has 1 aromatic heterocycles. The third-order valence-electron chi connectivity index (χ3n) is 3.32. The smallest absolute Gasteiger partial charge is 0.147 e. The van der Waals surface area contributed by atoms with E-state index in [1.807, 2.05) is 6.07 Å². The number of nitrogens with zero attached hydrogens (tertiary/aromatic N) is 1. The lowest BCUT2D eigenvalue weighted by Gasteiger charge is -2.12. The molecule has 0 aliphatic heterocycles. The van der Waals surface area contributed by atoms with Gasteiger partial charge in [-0.25, -0.2) is 8.78 Å². The number of nitrogens with one attached hydrogen (secondary N) is 1. The van der Waals surface area contributed by atoms with Crippen LogP contribution in [0.25, 0.3) is 10.9 Å². The summed E-state index contributed by atoms with van der Waals surface area (Å²) < 4.78 is 27.5. The molecule has 5 heteroatoms. The van der Waals surface area contributed by atoms with E-state index in [1.165, 1.54) is 6.92 Å². The summed E-state index contributed by atoms with van der Waals surface area (Å²) >= 11 is 0. The van der Waals surface area contributed by atoms with Gasteiger partial charge in [-0.1, -0.05) is 12.1 Å². The number of hydrogen-bond donors (Lipinski definition) is 2. The Bertz CT molecular complexity index is 831. The summed E-state index contributed by atoms with van der Waals surface area (Å²) in [6.07, 6.45) is 1.57. The molecule has 3 aromatic rings. The maximum Gasteiger partial charge on any atom is 0.147 e. The number of rotatable bonds is 2. The van der Waals surface area contributed by atoms with Crippen molar-refractivity contribution < 1.29 is 8.78 Å². The summed E-state index contributed by atoms with van der Waals surface area (Å²) in [7, 11) is 0. The van der Waals surface area contributed by atoms with Crippen LogP contribution in [0, 0.1) is 18.6 Å². The fourth-order valence-corrected chi connectivity index (χ4v) is 2.20. The molecule has 0 aliphatic rings. The van der Waals surface area contributed by atoms with Crippen LogP contribution in [-0.2, 0) is 0 Å². The zero-order valence-corrected chi connectivity index (χ0v) is 11.3. The first-order chi connectivity index (χ1) is 10.1. The van der Waals surface area contributed by atoms with Crippen LogP contribution in [-0.4, -0.2) is 4.98 Å². The number of halogens is 2. The highest BCUT2D eigenvalue weighted by atomic mass is 19.1. The topological polar surface area (TPSA) is 50.9 Å². The number of nitrogen functional groups attached to an aromatic ring is 1. The Kier molecular flexibility index (Phi) is 3.17. The largest absolute Gasteiger partial charge is 0.397 e. The molecule has 0 amide bonds. The van der Waals surface area contributed by atoms with Crippen molar-refractivity contribution in [1.82, 2.24) is 4.98 Å². The lowest BCUT2D eigenvalue weighted by atomic mass is 10.1. The summed E-state index contributed by atoms with van der Waals surface area (Å²) in [6.45, 7) is 1.52. The van der Waals surface area contributed by atoms with E-state index in [0.717, 1.165) is 17.5 Å². The third kappa shape index (κ3) is 2.38. The van der Waals surface area contributed by atoms with E-state index < -0.39 is 11.6 Å². The molecular weight excluding hydrogens is 272 g/mol. The number of para-hydroxylation sites is 1. The SMILES string of the molecule is Cc1cc(F)c(Nc2ccnc3c(N)cccc23)cc1F. The van der Waals surface area contributed by atoms with Crippen molar-refractivity contribution in [2.75, 3.05) is 11.1 Å². The van der Waals surface area contributed by atoms with Gasteiger partial charge >= 0.3 is 0 Å². The number of aromatic nitrogens is 1. The highest BCUT2D eigenvalue weighted by molar-refractivity contribution is 5.98. The van der Waals surface area contributed by atoms with Crippen molar-refractivity contribution in [3.05, 3.63) is 59.8 Å². The Balaban J connectivity index is 2.11. The van der Waals surface area contributed by atoms with Gasteiger partial charge in [0, 0.05) is 23.3 Å². The Hall–Kier alpha value is -2.69. The van der Waals surface area contributed by atoms with E-state index >= 15 is 0 Å². The van der Waals surface area contributed by atoms with Crippen LogP contribution < -0.4 is 11.1 Å². The highest BCUT2D eigenvalue weighted by Crippen LogP contribution is 2.29. The molecule has 106 valence electrons. The summed E-state index contributed by atoms with van der Waals surface area (Å²) in [5, 5.41) is 3.65. The zero-order valence-electron chi connectivity index (χ0n) is 11.3. The molecule has 0 saturated heterocycles. The van der Waals surface area contributed by atoms with Crippen molar-refractivity contribution in [2.24, 2.45) is 0 Å². The molecule has 1 heterocycles. The average molecular weight is 285 g/mol. The van der Waals surface area contributed by atoms with Crippen molar-refractivity contribution in [3.63, 3.8) is 0 Å². The van der Waals surface area contributed by atoms with Crippen LogP contribution in [0.1, 0.15) is 5.56 Å². The molecular formula is C16H13F2N3. The minimum atomic E-state index is -0.511. The van der Waals surface area contributed by atoms with Crippen LogP contribution >= 0.6 is 0 Å². The number of aryl methyl sites for hydroxylation is 1. The zero-order chi connectivity index (χ0) is 15.0. The quantitative estimate of drug-likeness (QED) is 0.695. The summed E-state index contributed by atoms with van der Waals surface area (Å²) in [5.41, 5.74) is 7.99. The Labute approximate surface area is 120 Å². The summed E-state index contributed by atoms with van der Waals surface area (Å²) in [5.74, 6) is -0.973. The van der Waals surface area contributed by atoms with Gasteiger partial charge in [0.2, 0.25) is 0 Å². The normalized spacial score (nSPS) is 10.8. The Morgan fingerprint density at radius 3 is 2.67 bits per heavy atom. The molecule has 0 unspecified atom stereocenters. The van der Waals surface area contributed by atoms with E-state index in [-0.39, 0.29) is 11.3 Å². The minimum absolute atomic E-state index is 0.0769. The first-order valence-corrected chi connectivity index (χ1v) is 6.42. The second-order valence-electron chi connectivity index (χ2n) is 4.81. The molecule has 2 aromatic carbocycles. The maximum absolute atomic E-state index is 13.9. The monoisotopic (exact) mass is 285 g/mol. The van der Waals surface area contributed by atoms with Gasteiger partial charge in [0.25, 0.3) is 0 Å². The van der Waals surface area contributed by atoms with Gasteiger partial charge < -0.3 is 11.1 Å². The molecule has 0 radical (unpaired) electrons. The van der Waals surface area contributed by atoms with Gasteiger partial charge in [0.05, 0.1) is 16.9 Å². The Morgan fingerprint density at radius 2 is 1.86 bits per heavy atom. The minimum Gasteiger partial charge on any atom is -0.397 e. The molecule has 0 fully saturated rings. The number of fused-ring (bicyclic) bond motifs is 1. The lowest BCUT2D eigenvalue weighted by Crippen LogP contribution is -1.98. The number of anilines is 3. The van der Waals surface area contributed by atoms with Crippen LogP contribution in [0.3, 0.4) is 0 Å². The number of nitrogens with two attached hydrogens (primary N) is 1. The second-order valence-corrected chi connectivity index (χ2v) is 4.81. The fourth-order valence-electron chi connectivity index (χ4n) is 2.20. The first-order valence-electron chi connectivity index (χ1n) is 6.42. The van der Waals surface area contributed by atoms with Gasteiger partial charge in [-0.2, -0.15) is 0 Å². The summed E-state index contributed by atoms with van der Waals surface area (Å²) in [4.78, 5) is 4.20. The number of pyridine rings is 1. The standard InChI is InChI=1S/C16H13F2N3/c1-9-7-12(18)15(8-11(9)17)21-14-5-6-20-16-10(14)3-2-4-13(16)19/h2-8H,19H2,1H3,(H,20,21). The molecule has 21 heavy (non-hydrogen) atoms. The number of benzene rings is 2. The summed E-state index contributed by atoms with van der Waals surface area (Å²) in [6, 6.07) is 9.35. The van der Waals surface area contributed by atoms with Crippen molar-refractivity contribution >= 4 is 28.0 Å². The second kappa shape index (κ2) is 5.01. The molecule has 3 N–H and O–H groups in total. The van der Waals surface area contributed by atoms with Crippen molar-refractivity contribution in [2.45, 2.75) is 6.92 Å². The Morgan fingerprint density at radius 1 is 1.05 bits per heavy atom. The molecule has 0 saturated carbocycles. The lowest BCUT2D eigenvalue weighted by molar-refractivity contribution is 0.596. The predicted molar refractivity (Wildman–Crippen MR) is 80.5 cm³/mol. The van der Waals surface area contributed by atoms with E-state index in [0.29, 0.717) is 16.9 Å². The van der Waals surface area contributed by atoms with Crippen LogP contribution in [0.15, 0.2) is 42.6 Å². The van der Waals surface area contributed by atoms with E-state index in [1.54, 1.807) is 24.4 Å². The van der Waals surface area contributed by atoms with Gasteiger partial charge in [-0.15, -0.1) is 0 Å². The third-order valence-corrected chi connectivity index (χ3v) is 3.32. The van der Waals surface area contributed by atoms with Gasteiger partial charge in [-0.3, -0.25) is 4.98 Å². The van der Waals surface area contributed by atoms with E-state index in [9.17, 15) is 8.78 Å². The van der Waals surface area contributed by atoms with Crippen LogP contribution in [0.4, 0.5) is 25.8 Å². The molecule has 0 spiro atoms. The molecule has 0 aliphatic carbocycles. The van der Waals surface area contributed by atoms with Gasteiger partial charge in [0.1, 0.15) is 11.6 Å². The van der Waals surface area contributed by atoms with Gasteiger partial charge in [-0.05, 0) is 30.7 Å². The van der Waals surface area contributed by atoms with Crippen LogP contribution in [0.5, 0.6) is 0 Å². The maximum atomic E-state index is 13.9. The molecule has 3 nitrogen and oxygen atoms in total. The molecule has 3 rings (SSSR count). The number of hydrogen-bond acceptors (Lipinski definition) is 3. The van der Waals surface area contributed by atoms with Crippen molar-refractivity contribution in [1.29, 1.82) is 0 Å². The molecule has 0 bridgehead atoms.